The van der Waals surface area contributed by atoms with Crippen molar-refractivity contribution in [1.29, 1.82) is 0 Å². The number of H-pyrrole nitrogens is 1. The zero-order valence-corrected chi connectivity index (χ0v) is 11.0. The highest BCUT2D eigenvalue weighted by Gasteiger charge is 2.11. The van der Waals surface area contributed by atoms with E-state index in [1.807, 2.05) is 0 Å². The van der Waals surface area contributed by atoms with Crippen LogP contribution in [0.3, 0.4) is 0 Å². The maximum atomic E-state index is 4.23. The van der Waals surface area contributed by atoms with E-state index in [1.54, 1.807) is 0 Å². The molecule has 2 heterocycles. The van der Waals surface area contributed by atoms with Crippen LogP contribution in [0.2, 0.25) is 0 Å². The van der Waals surface area contributed by atoms with Gasteiger partial charge in [-0.05, 0) is 58.2 Å². The van der Waals surface area contributed by atoms with Gasteiger partial charge in [-0.15, -0.1) is 0 Å². The van der Waals surface area contributed by atoms with Gasteiger partial charge in [0.15, 0.2) is 0 Å². The van der Waals surface area contributed by atoms with Crippen LogP contribution >= 0.6 is 0 Å². The fraction of sp³-hybridized carbons (Fsp3) is 0.769. The summed E-state index contributed by atoms with van der Waals surface area (Å²) in [6, 6.07) is 0.676. The average molecular weight is 236 g/mol. The summed E-state index contributed by atoms with van der Waals surface area (Å²) in [6.45, 7) is 7.61. The molecule has 0 amide bonds. The predicted molar refractivity (Wildman–Crippen MR) is 70.3 cm³/mol. The van der Waals surface area contributed by atoms with Gasteiger partial charge in [0.1, 0.15) is 0 Å². The van der Waals surface area contributed by atoms with Crippen molar-refractivity contribution in [1.82, 2.24) is 20.8 Å². The minimum atomic E-state index is 0.676. The van der Waals surface area contributed by atoms with Gasteiger partial charge >= 0.3 is 0 Å². The standard InChI is InChI=1S/C13H24N4/c1-10-13(11(2)17-16-10)6-4-8-15-12-5-3-7-14-9-12/h12,14-15H,3-9H2,1-2H3,(H,16,17)/t12-/m1/s1. The van der Waals surface area contributed by atoms with Crippen LogP contribution in [-0.2, 0) is 6.42 Å². The number of rotatable bonds is 5. The fourth-order valence-corrected chi connectivity index (χ4v) is 2.54. The van der Waals surface area contributed by atoms with E-state index in [0.717, 1.165) is 25.2 Å². The summed E-state index contributed by atoms with van der Waals surface area (Å²) in [5.74, 6) is 0. The smallest absolute Gasteiger partial charge is 0.0625 e. The van der Waals surface area contributed by atoms with Gasteiger partial charge in [0.05, 0.1) is 5.69 Å². The normalized spacial score (nSPS) is 20.7. The first-order valence-electron chi connectivity index (χ1n) is 6.72. The lowest BCUT2D eigenvalue weighted by molar-refractivity contribution is 0.388. The SMILES string of the molecule is Cc1n[nH]c(C)c1CCCN[C@@H]1CCCNC1. The summed E-state index contributed by atoms with van der Waals surface area (Å²) in [4.78, 5) is 0. The second kappa shape index (κ2) is 6.17. The molecule has 1 aromatic heterocycles. The van der Waals surface area contributed by atoms with E-state index in [-0.39, 0.29) is 0 Å². The number of nitrogens with one attached hydrogen (secondary N) is 3. The Bertz CT molecular complexity index is 320. The third-order valence-electron chi connectivity index (χ3n) is 3.61. The fourth-order valence-electron chi connectivity index (χ4n) is 2.54. The molecule has 1 fully saturated rings. The molecule has 96 valence electrons. The number of aromatic amines is 1. The molecule has 1 aliphatic heterocycles. The third-order valence-corrected chi connectivity index (χ3v) is 3.61. The number of piperidine rings is 1. The van der Waals surface area contributed by atoms with Crippen molar-refractivity contribution in [3.8, 4) is 0 Å². The van der Waals surface area contributed by atoms with Gasteiger partial charge in [-0.3, -0.25) is 5.10 Å². The first kappa shape index (κ1) is 12.6. The number of aromatic nitrogens is 2. The largest absolute Gasteiger partial charge is 0.315 e. The molecular weight excluding hydrogens is 212 g/mol. The lowest BCUT2D eigenvalue weighted by Crippen LogP contribution is -2.43. The Kier molecular flexibility index (Phi) is 4.57. The molecule has 1 aliphatic rings. The second-order valence-electron chi connectivity index (χ2n) is 5.01. The third kappa shape index (κ3) is 3.54. The molecule has 0 aliphatic carbocycles. The van der Waals surface area contributed by atoms with Crippen molar-refractivity contribution in [3.05, 3.63) is 17.0 Å². The van der Waals surface area contributed by atoms with Gasteiger partial charge in [0, 0.05) is 18.3 Å². The van der Waals surface area contributed by atoms with E-state index >= 15 is 0 Å². The van der Waals surface area contributed by atoms with Crippen molar-refractivity contribution in [3.63, 3.8) is 0 Å². The molecule has 4 nitrogen and oxygen atoms in total. The molecule has 3 N–H and O–H groups in total. The molecule has 0 aromatic carbocycles. The lowest BCUT2D eigenvalue weighted by atomic mass is 10.1. The van der Waals surface area contributed by atoms with Crippen LogP contribution in [0.1, 0.15) is 36.2 Å². The molecule has 17 heavy (non-hydrogen) atoms. The zero-order chi connectivity index (χ0) is 12.1. The topological polar surface area (TPSA) is 52.7 Å². The van der Waals surface area contributed by atoms with Crippen molar-refractivity contribution >= 4 is 0 Å². The highest BCUT2D eigenvalue weighted by atomic mass is 15.1. The maximum Gasteiger partial charge on any atom is 0.0625 e. The Balaban J connectivity index is 1.66. The van der Waals surface area contributed by atoms with Crippen molar-refractivity contribution in [2.24, 2.45) is 0 Å². The molecule has 0 bridgehead atoms. The summed E-state index contributed by atoms with van der Waals surface area (Å²) in [5.41, 5.74) is 3.78. The van der Waals surface area contributed by atoms with Gasteiger partial charge in [0.25, 0.3) is 0 Å². The van der Waals surface area contributed by atoms with E-state index in [0.29, 0.717) is 6.04 Å². The van der Waals surface area contributed by atoms with Gasteiger partial charge in [-0.2, -0.15) is 5.10 Å². The van der Waals surface area contributed by atoms with Crippen molar-refractivity contribution in [2.75, 3.05) is 19.6 Å². The number of hydrogen-bond acceptors (Lipinski definition) is 3. The van der Waals surface area contributed by atoms with E-state index in [9.17, 15) is 0 Å². The minimum absolute atomic E-state index is 0.676. The molecule has 1 saturated heterocycles. The summed E-state index contributed by atoms with van der Waals surface area (Å²) < 4.78 is 0. The highest BCUT2D eigenvalue weighted by Crippen LogP contribution is 2.11. The number of aryl methyl sites for hydroxylation is 2. The van der Waals surface area contributed by atoms with Crippen LogP contribution in [0.15, 0.2) is 0 Å². The minimum Gasteiger partial charge on any atom is -0.315 e. The molecule has 0 spiro atoms. The van der Waals surface area contributed by atoms with Gasteiger partial charge in [0.2, 0.25) is 0 Å². The van der Waals surface area contributed by atoms with Crippen LogP contribution in [-0.4, -0.2) is 35.9 Å². The Morgan fingerprint density at radius 3 is 2.94 bits per heavy atom. The van der Waals surface area contributed by atoms with Crippen molar-refractivity contribution in [2.45, 2.75) is 45.6 Å². The molecule has 0 unspecified atom stereocenters. The van der Waals surface area contributed by atoms with Gasteiger partial charge < -0.3 is 10.6 Å². The lowest BCUT2D eigenvalue weighted by Gasteiger charge is -2.23. The van der Waals surface area contributed by atoms with Crippen LogP contribution in [0.5, 0.6) is 0 Å². The zero-order valence-electron chi connectivity index (χ0n) is 11.0. The van der Waals surface area contributed by atoms with E-state index in [1.165, 1.54) is 37.1 Å². The Hall–Kier alpha value is -0.870. The Morgan fingerprint density at radius 2 is 2.29 bits per heavy atom. The maximum absolute atomic E-state index is 4.23. The van der Waals surface area contributed by atoms with E-state index in [2.05, 4.69) is 34.7 Å². The first-order chi connectivity index (χ1) is 8.27. The highest BCUT2D eigenvalue weighted by molar-refractivity contribution is 5.23. The summed E-state index contributed by atoms with van der Waals surface area (Å²) in [5, 5.41) is 14.3. The molecule has 1 atom stereocenters. The quantitative estimate of drug-likeness (QED) is 0.676. The van der Waals surface area contributed by atoms with Gasteiger partial charge in [-0.1, -0.05) is 0 Å². The Labute approximate surface area is 104 Å². The predicted octanol–water partition coefficient (Wildman–Crippen LogP) is 1.30. The summed E-state index contributed by atoms with van der Waals surface area (Å²) in [7, 11) is 0. The van der Waals surface area contributed by atoms with Crippen LogP contribution in [0.25, 0.3) is 0 Å². The molecule has 4 heteroatoms. The molecule has 0 radical (unpaired) electrons. The van der Waals surface area contributed by atoms with Crippen LogP contribution in [0, 0.1) is 13.8 Å². The van der Waals surface area contributed by atoms with Crippen molar-refractivity contribution < 1.29 is 0 Å². The number of hydrogen-bond donors (Lipinski definition) is 3. The average Bonchev–Trinajstić information content (AvgIpc) is 2.67. The monoisotopic (exact) mass is 236 g/mol. The summed E-state index contributed by atoms with van der Waals surface area (Å²) >= 11 is 0. The summed E-state index contributed by atoms with van der Waals surface area (Å²) in [6.07, 6.45) is 4.94. The Morgan fingerprint density at radius 1 is 1.41 bits per heavy atom. The molecular formula is C13H24N4. The number of nitrogens with zero attached hydrogens (tertiary/aromatic N) is 1. The van der Waals surface area contributed by atoms with E-state index in [4.69, 9.17) is 0 Å². The van der Waals surface area contributed by atoms with Crippen LogP contribution < -0.4 is 10.6 Å². The van der Waals surface area contributed by atoms with Crippen LogP contribution in [0.4, 0.5) is 0 Å². The second-order valence-corrected chi connectivity index (χ2v) is 5.01. The first-order valence-corrected chi connectivity index (χ1v) is 6.72. The molecule has 0 saturated carbocycles. The molecule has 2 rings (SSSR count). The van der Waals surface area contributed by atoms with E-state index < -0.39 is 0 Å². The van der Waals surface area contributed by atoms with Gasteiger partial charge in [-0.25, -0.2) is 0 Å². The molecule has 1 aromatic rings.